The van der Waals surface area contributed by atoms with E-state index in [-0.39, 0.29) is 11.6 Å². The first kappa shape index (κ1) is 18.4. The Morgan fingerprint density at radius 2 is 1.74 bits per heavy atom. The monoisotopic (exact) mass is 378 g/mol. The summed E-state index contributed by atoms with van der Waals surface area (Å²) in [5, 5.41) is 12.1. The van der Waals surface area contributed by atoms with Gasteiger partial charge in [-0.2, -0.15) is 0 Å². The number of hydrogen-bond donors (Lipinski definition) is 2. The number of carbonyl (C=O) groups is 2. The van der Waals surface area contributed by atoms with Gasteiger partial charge in [0.1, 0.15) is 5.69 Å². The van der Waals surface area contributed by atoms with Crippen LogP contribution >= 0.6 is 11.6 Å². The van der Waals surface area contributed by atoms with Crippen molar-refractivity contribution >= 4 is 35.2 Å². The van der Waals surface area contributed by atoms with Crippen molar-refractivity contribution in [2.75, 3.05) is 5.32 Å². The molecule has 27 heavy (non-hydrogen) atoms. The first-order chi connectivity index (χ1) is 13.0. The van der Waals surface area contributed by atoms with Crippen LogP contribution in [-0.2, 0) is 4.79 Å². The maximum Gasteiger partial charge on any atom is 0.328 e. The Bertz CT molecular complexity index is 1010. The van der Waals surface area contributed by atoms with Crippen molar-refractivity contribution in [3.63, 3.8) is 0 Å². The molecule has 3 aromatic rings. The van der Waals surface area contributed by atoms with Crippen molar-refractivity contribution in [1.82, 2.24) is 4.98 Å². The molecular weight excluding hydrogens is 364 g/mol. The summed E-state index contributed by atoms with van der Waals surface area (Å²) in [6, 6.07) is 19.3. The molecule has 0 saturated carbocycles. The van der Waals surface area contributed by atoms with Gasteiger partial charge in [0.25, 0.3) is 5.91 Å². The van der Waals surface area contributed by atoms with E-state index in [0.29, 0.717) is 22.0 Å². The third-order valence-corrected chi connectivity index (χ3v) is 3.94. The van der Waals surface area contributed by atoms with Crippen LogP contribution in [-0.4, -0.2) is 22.0 Å². The molecule has 2 aromatic carbocycles. The van der Waals surface area contributed by atoms with Gasteiger partial charge < -0.3 is 10.4 Å². The van der Waals surface area contributed by atoms with Crippen LogP contribution in [0.2, 0.25) is 5.02 Å². The molecule has 0 bridgehead atoms. The lowest BCUT2D eigenvalue weighted by Crippen LogP contribution is -2.13. The molecule has 2 N–H and O–H groups in total. The minimum absolute atomic E-state index is 0.272. The number of halogens is 1. The number of amides is 1. The predicted molar refractivity (Wildman–Crippen MR) is 106 cm³/mol. The standard InChI is InChI=1S/C21H15ClN2O3/c22-16-10-8-15(9-11-16)18-5-2-6-19(24-18)21(27)23-17-4-1-3-14(13-17)7-12-20(25)26/h1-13H,(H,23,27)(H,25,26). The van der Waals surface area contributed by atoms with Crippen LogP contribution in [0.5, 0.6) is 0 Å². The third kappa shape index (κ3) is 5.03. The van der Waals surface area contributed by atoms with Crippen LogP contribution in [0.4, 0.5) is 5.69 Å². The minimum Gasteiger partial charge on any atom is -0.478 e. The van der Waals surface area contributed by atoms with Crippen LogP contribution < -0.4 is 5.32 Å². The second-order valence-electron chi connectivity index (χ2n) is 5.67. The van der Waals surface area contributed by atoms with E-state index >= 15 is 0 Å². The fourth-order valence-electron chi connectivity index (χ4n) is 2.43. The third-order valence-electron chi connectivity index (χ3n) is 3.68. The van der Waals surface area contributed by atoms with Gasteiger partial charge in [0.15, 0.2) is 0 Å². The lowest BCUT2D eigenvalue weighted by molar-refractivity contribution is -0.131. The van der Waals surface area contributed by atoms with E-state index in [9.17, 15) is 9.59 Å². The molecule has 0 spiro atoms. The van der Waals surface area contributed by atoms with Crippen molar-refractivity contribution in [2.24, 2.45) is 0 Å². The highest BCUT2D eigenvalue weighted by molar-refractivity contribution is 6.30. The Morgan fingerprint density at radius 1 is 1.00 bits per heavy atom. The van der Waals surface area contributed by atoms with Gasteiger partial charge in [-0.1, -0.05) is 41.9 Å². The number of rotatable bonds is 5. The van der Waals surface area contributed by atoms with Crippen LogP contribution in [0.15, 0.2) is 72.8 Å². The van der Waals surface area contributed by atoms with Gasteiger partial charge in [0, 0.05) is 22.3 Å². The molecule has 0 aliphatic heterocycles. The largest absolute Gasteiger partial charge is 0.478 e. The van der Waals surface area contributed by atoms with Crippen molar-refractivity contribution in [3.05, 3.63) is 89.1 Å². The topological polar surface area (TPSA) is 79.3 Å². The summed E-state index contributed by atoms with van der Waals surface area (Å²) in [7, 11) is 0. The summed E-state index contributed by atoms with van der Waals surface area (Å²) in [6.07, 6.45) is 2.50. The molecule has 0 aliphatic carbocycles. The predicted octanol–water partition coefficient (Wildman–Crippen LogP) is 4.75. The van der Waals surface area contributed by atoms with Crippen molar-refractivity contribution in [2.45, 2.75) is 0 Å². The molecule has 5 nitrogen and oxygen atoms in total. The summed E-state index contributed by atoms with van der Waals surface area (Å²) in [4.78, 5) is 27.5. The first-order valence-electron chi connectivity index (χ1n) is 8.07. The number of aliphatic carboxylic acids is 1. The number of aromatic nitrogens is 1. The second-order valence-corrected chi connectivity index (χ2v) is 6.10. The molecule has 0 aliphatic rings. The average Bonchev–Trinajstić information content (AvgIpc) is 2.67. The summed E-state index contributed by atoms with van der Waals surface area (Å²) in [5.74, 6) is -1.39. The molecular formula is C21H15ClN2O3. The van der Waals surface area contributed by atoms with Gasteiger partial charge in [-0.15, -0.1) is 0 Å². The van der Waals surface area contributed by atoms with E-state index in [0.717, 1.165) is 11.6 Å². The van der Waals surface area contributed by atoms with Gasteiger partial charge >= 0.3 is 5.97 Å². The van der Waals surface area contributed by atoms with Gasteiger partial charge in [-0.05, 0) is 48.0 Å². The SMILES string of the molecule is O=C(O)C=Cc1cccc(NC(=O)c2cccc(-c3ccc(Cl)cc3)n2)c1. The molecule has 0 radical (unpaired) electrons. The first-order valence-corrected chi connectivity index (χ1v) is 8.44. The molecule has 1 amide bonds. The zero-order valence-electron chi connectivity index (χ0n) is 14.1. The van der Waals surface area contributed by atoms with Crippen LogP contribution in [0.1, 0.15) is 16.1 Å². The normalized spacial score (nSPS) is 10.7. The maximum absolute atomic E-state index is 12.5. The minimum atomic E-state index is -1.03. The quantitative estimate of drug-likeness (QED) is 0.628. The zero-order chi connectivity index (χ0) is 19.2. The Labute approximate surface area is 161 Å². The number of anilines is 1. The molecule has 0 saturated heterocycles. The van der Waals surface area contributed by atoms with Crippen LogP contribution in [0.3, 0.4) is 0 Å². The van der Waals surface area contributed by atoms with Crippen LogP contribution in [0, 0.1) is 0 Å². The Hall–Kier alpha value is -3.44. The van der Waals surface area contributed by atoms with E-state index in [1.54, 1.807) is 48.5 Å². The van der Waals surface area contributed by atoms with Gasteiger partial charge in [-0.3, -0.25) is 4.79 Å². The van der Waals surface area contributed by atoms with Crippen molar-refractivity contribution < 1.29 is 14.7 Å². The number of benzene rings is 2. The summed E-state index contributed by atoms with van der Waals surface area (Å²) in [6.45, 7) is 0. The van der Waals surface area contributed by atoms with E-state index < -0.39 is 5.97 Å². The Morgan fingerprint density at radius 3 is 2.48 bits per heavy atom. The summed E-state index contributed by atoms with van der Waals surface area (Å²) >= 11 is 5.90. The zero-order valence-corrected chi connectivity index (χ0v) is 14.9. The van der Waals surface area contributed by atoms with E-state index in [2.05, 4.69) is 10.3 Å². The highest BCUT2D eigenvalue weighted by Crippen LogP contribution is 2.20. The van der Waals surface area contributed by atoms with Crippen molar-refractivity contribution in [1.29, 1.82) is 0 Å². The summed E-state index contributed by atoms with van der Waals surface area (Å²) in [5.41, 5.74) is 3.01. The highest BCUT2D eigenvalue weighted by Gasteiger charge is 2.10. The molecule has 3 rings (SSSR count). The molecule has 0 unspecified atom stereocenters. The maximum atomic E-state index is 12.5. The fourth-order valence-corrected chi connectivity index (χ4v) is 2.55. The number of nitrogens with one attached hydrogen (secondary N) is 1. The molecule has 0 atom stereocenters. The number of pyridine rings is 1. The van der Waals surface area contributed by atoms with E-state index in [4.69, 9.17) is 16.7 Å². The lowest BCUT2D eigenvalue weighted by Gasteiger charge is -2.07. The highest BCUT2D eigenvalue weighted by atomic mass is 35.5. The molecule has 6 heteroatoms. The second kappa shape index (κ2) is 8.29. The Kier molecular flexibility index (Phi) is 5.64. The lowest BCUT2D eigenvalue weighted by atomic mass is 10.1. The van der Waals surface area contributed by atoms with Crippen LogP contribution in [0.25, 0.3) is 17.3 Å². The summed E-state index contributed by atoms with van der Waals surface area (Å²) < 4.78 is 0. The molecule has 0 fully saturated rings. The van der Waals surface area contributed by atoms with Crippen molar-refractivity contribution in [3.8, 4) is 11.3 Å². The van der Waals surface area contributed by atoms with Gasteiger partial charge in [0.05, 0.1) is 5.69 Å². The number of carboxylic acid groups (broad SMARTS) is 1. The fraction of sp³-hybridized carbons (Fsp3) is 0. The Balaban J connectivity index is 1.79. The average molecular weight is 379 g/mol. The van der Waals surface area contributed by atoms with E-state index in [1.165, 1.54) is 6.08 Å². The molecule has 1 heterocycles. The molecule has 134 valence electrons. The number of carboxylic acids is 1. The smallest absolute Gasteiger partial charge is 0.328 e. The van der Waals surface area contributed by atoms with Gasteiger partial charge in [0.2, 0.25) is 0 Å². The number of hydrogen-bond acceptors (Lipinski definition) is 3. The molecule has 1 aromatic heterocycles. The number of nitrogens with zero attached hydrogens (tertiary/aromatic N) is 1. The number of carbonyl (C=O) groups excluding carboxylic acids is 1. The van der Waals surface area contributed by atoms with Gasteiger partial charge in [-0.25, -0.2) is 9.78 Å². The van der Waals surface area contributed by atoms with E-state index in [1.807, 2.05) is 18.2 Å².